The summed E-state index contributed by atoms with van der Waals surface area (Å²) >= 11 is 5.89. The maximum atomic E-state index is 12.7. The molecule has 7 nitrogen and oxygen atoms in total. The Bertz CT molecular complexity index is 1040. The number of sulfonamides is 1. The molecule has 1 aliphatic rings. The summed E-state index contributed by atoms with van der Waals surface area (Å²) in [6.07, 6.45) is 0.439. The smallest absolute Gasteiger partial charge is 0.243 e. The standard InChI is InChI=1S/C22H26ClN3O4S/c1-3-25(4-2)31(29,30)19-11-5-16(6-12-19)15-24-21(27)20-13-14-26(22(20)28)18-9-7-17(23)8-10-18/h5-12,20H,3-4,13-15H2,1-2H3,(H,24,27). The van der Waals surface area contributed by atoms with Crippen LogP contribution in [0.3, 0.4) is 0 Å². The second kappa shape index (κ2) is 9.80. The van der Waals surface area contributed by atoms with Gasteiger partial charge in [0.05, 0.1) is 4.90 Å². The number of anilines is 1. The summed E-state index contributed by atoms with van der Waals surface area (Å²) in [7, 11) is -3.52. The lowest BCUT2D eigenvalue weighted by molar-refractivity contribution is -0.132. The van der Waals surface area contributed by atoms with E-state index in [2.05, 4.69) is 5.32 Å². The summed E-state index contributed by atoms with van der Waals surface area (Å²) < 4.78 is 26.5. The fraction of sp³-hybridized carbons (Fsp3) is 0.364. The van der Waals surface area contributed by atoms with Crippen LogP contribution >= 0.6 is 11.6 Å². The van der Waals surface area contributed by atoms with Gasteiger partial charge in [-0.05, 0) is 48.4 Å². The molecular weight excluding hydrogens is 438 g/mol. The molecule has 2 aromatic rings. The third-order valence-corrected chi connectivity index (χ3v) is 7.71. The number of hydrogen-bond acceptors (Lipinski definition) is 4. The van der Waals surface area contributed by atoms with Gasteiger partial charge in [-0.1, -0.05) is 37.6 Å². The number of halogens is 1. The van der Waals surface area contributed by atoms with Crippen LogP contribution in [0, 0.1) is 5.92 Å². The van der Waals surface area contributed by atoms with E-state index in [4.69, 9.17) is 11.6 Å². The first-order valence-electron chi connectivity index (χ1n) is 10.2. The molecule has 166 valence electrons. The average molecular weight is 464 g/mol. The quantitative estimate of drug-likeness (QED) is 0.609. The molecule has 0 aromatic heterocycles. The van der Waals surface area contributed by atoms with Gasteiger partial charge < -0.3 is 10.2 Å². The number of rotatable bonds is 8. The minimum atomic E-state index is -3.52. The number of nitrogens with one attached hydrogen (secondary N) is 1. The van der Waals surface area contributed by atoms with Gasteiger partial charge in [-0.25, -0.2) is 8.42 Å². The SMILES string of the molecule is CCN(CC)S(=O)(=O)c1ccc(CNC(=O)C2CCN(c3ccc(Cl)cc3)C2=O)cc1. The van der Waals surface area contributed by atoms with Crippen LogP contribution in [-0.4, -0.2) is 44.2 Å². The Kier molecular flexibility index (Phi) is 7.35. The molecule has 1 heterocycles. The summed E-state index contributed by atoms with van der Waals surface area (Å²) in [5, 5.41) is 3.37. The normalized spacial score (nSPS) is 16.7. The van der Waals surface area contributed by atoms with Crippen molar-refractivity contribution < 1.29 is 18.0 Å². The topological polar surface area (TPSA) is 86.8 Å². The first-order valence-corrected chi connectivity index (χ1v) is 12.0. The van der Waals surface area contributed by atoms with Crippen molar-refractivity contribution in [1.29, 1.82) is 0 Å². The third-order valence-electron chi connectivity index (χ3n) is 5.39. The molecule has 0 aliphatic carbocycles. The lowest BCUT2D eigenvalue weighted by Crippen LogP contribution is -2.36. The predicted molar refractivity (Wildman–Crippen MR) is 120 cm³/mol. The zero-order chi connectivity index (χ0) is 22.6. The minimum absolute atomic E-state index is 0.217. The van der Waals surface area contributed by atoms with Gasteiger partial charge in [0.1, 0.15) is 5.92 Å². The lowest BCUT2D eigenvalue weighted by Gasteiger charge is -2.18. The highest BCUT2D eigenvalue weighted by molar-refractivity contribution is 7.89. The van der Waals surface area contributed by atoms with E-state index < -0.39 is 15.9 Å². The second-order valence-corrected chi connectivity index (χ2v) is 9.63. The van der Waals surface area contributed by atoms with Crippen molar-refractivity contribution in [3.63, 3.8) is 0 Å². The first kappa shape index (κ1) is 23.2. The molecule has 0 radical (unpaired) electrons. The van der Waals surface area contributed by atoms with Gasteiger partial charge in [0.2, 0.25) is 21.8 Å². The molecule has 2 aromatic carbocycles. The van der Waals surface area contributed by atoms with Gasteiger partial charge in [0.15, 0.2) is 0 Å². The van der Waals surface area contributed by atoms with Gasteiger partial charge in [-0.2, -0.15) is 4.31 Å². The van der Waals surface area contributed by atoms with Crippen molar-refractivity contribution in [3.05, 3.63) is 59.1 Å². The molecule has 1 saturated heterocycles. The zero-order valence-electron chi connectivity index (χ0n) is 17.5. The molecule has 31 heavy (non-hydrogen) atoms. The first-order chi connectivity index (χ1) is 14.8. The Hall–Kier alpha value is -2.42. The van der Waals surface area contributed by atoms with E-state index in [1.54, 1.807) is 55.1 Å². The van der Waals surface area contributed by atoms with Crippen molar-refractivity contribution in [2.45, 2.75) is 31.7 Å². The largest absolute Gasteiger partial charge is 0.351 e. The highest BCUT2D eigenvalue weighted by atomic mass is 35.5. The summed E-state index contributed by atoms with van der Waals surface area (Å²) in [6.45, 7) is 5.08. The molecule has 2 amide bonds. The summed E-state index contributed by atoms with van der Waals surface area (Å²) in [5.74, 6) is -1.31. The molecular formula is C22H26ClN3O4S. The van der Waals surface area contributed by atoms with E-state index in [0.717, 1.165) is 11.3 Å². The van der Waals surface area contributed by atoms with Crippen LogP contribution in [0.4, 0.5) is 5.69 Å². The van der Waals surface area contributed by atoms with E-state index in [1.807, 2.05) is 0 Å². The van der Waals surface area contributed by atoms with Crippen LogP contribution in [0.5, 0.6) is 0 Å². The van der Waals surface area contributed by atoms with Crippen LogP contribution < -0.4 is 10.2 Å². The van der Waals surface area contributed by atoms with Crippen LogP contribution in [-0.2, 0) is 26.2 Å². The van der Waals surface area contributed by atoms with Crippen LogP contribution in [0.2, 0.25) is 5.02 Å². The molecule has 9 heteroatoms. The van der Waals surface area contributed by atoms with Crippen molar-refractivity contribution in [1.82, 2.24) is 9.62 Å². The van der Waals surface area contributed by atoms with Gasteiger partial charge in [-0.15, -0.1) is 0 Å². The lowest BCUT2D eigenvalue weighted by atomic mass is 10.1. The Labute approximate surface area is 188 Å². The van der Waals surface area contributed by atoms with Crippen LogP contribution in [0.1, 0.15) is 25.8 Å². The van der Waals surface area contributed by atoms with Crippen LogP contribution in [0.25, 0.3) is 0 Å². The summed E-state index contributed by atoms with van der Waals surface area (Å²) in [6, 6.07) is 13.4. The predicted octanol–water partition coefficient (Wildman–Crippen LogP) is 3.04. The van der Waals surface area contributed by atoms with E-state index in [9.17, 15) is 18.0 Å². The van der Waals surface area contributed by atoms with E-state index >= 15 is 0 Å². The maximum absolute atomic E-state index is 12.7. The molecule has 1 N–H and O–H groups in total. The fourth-order valence-corrected chi connectivity index (χ4v) is 5.19. The highest BCUT2D eigenvalue weighted by Crippen LogP contribution is 2.26. The van der Waals surface area contributed by atoms with E-state index in [0.29, 0.717) is 31.1 Å². The Morgan fingerprint density at radius 1 is 1.10 bits per heavy atom. The molecule has 3 rings (SSSR count). The van der Waals surface area contributed by atoms with Crippen LogP contribution in [0.15, 0.2) is 53.4 Å². The van der Waals surface area contributed by atoms with Crippen molar-refractivity contribution >= 4 is 39.1 Å². The minimum Gasteiger partial charge on any atom is -0.351 e. The van der Waals surface area contributed by atoms with Crippen molar-refractivity contribution in [2.24, 2.45) is 5.92 Å². The summed E-state index contributed by atoms with van der Waals surface area (Å²) in [4.78, 5) is 27.1. The van der Waals surface area contributed by atoms with Gasteiger partial charge in [0.25, 0.3) is 0 Å². The average Bonchev–Trinajstić information content (AvgIpc) is 3.15. The molecule has 1 atom stereocenters. The molecule has 0 spiro atoms. The number of hydrogen-bond donors (Lipinski definition) is 1. The van der Waals surface area contributed by atoms with Gasteiger partial charge in [0, 0.05) is 36.9 Å². The number of carbonyl (C=O) groups excluding carboxylic acids is 2. The Morgan fingerprint density at radius 2 is 1.71 bits per heavy atom. The third kappa shape index (κ3) is 5.08. The van der Waals surface area contributed by atoms with Crippen molar-refractivity contribution in [2.75, 3.05) is 24.5 Å². The highest BCUT2D eigenvalue weighted by Gasteiger charge is 2.37. The Morgan fingerprint density at radius 3 is 2.29 bits per heavy atom. The molecule has 0 saturated carbocycles. The monoisotopic (exact) mass is 463 g/mol. The molecule has 0 bridgehead atoms. The van der Waals surface area contributed by atoms with Gasteiger partial charge >= 0.3 is 0 Å². The zero-order valence-corrected chi connectivity index (χ0v) is 19.1. The maximum Gasteiger partial charge on any atom is 0.243 e. The fourth-order valence-electron chi connectivity index (χ4n) is 3.60. The number of nitrogens with zero attached hydrogens (tertiary/aromatic N) is 2. The second-order valence-electron chi connectivity index (χ2n) is 7.26. The molecule has 1 aliphatic heterocycles. The number of amides is 2. The van der Waals surface area contributed by atoms with E-state index in [1.165, 1.54) is 16.4 Å². The summed E-state index contributed by atoms with van der Waals surface area (Å²) in [5.41, 5.74) is 1.47. The Balaban J connectivity index is 1.60. The molecule has 1 unspecified atom stereocenters. The number of carbonyl (C=O) groups is 2. The van der Waals surface area contributed by atoms with Gasteiger partial charge in [-0.3, -0.25) is 9.59 Å². The van der Waals surface area contributed by atoms with E-state index in [-0.39, 0.29) is 23.3 Å². The molecule has 1 fully saturated rings. The number of benzene rings is 2. The van der Waals surface area contributed by atoms with Crippen molar-refractivity contribution in [3.8, 4) is 0 Å².